The highest BCUT2D eigenvalue weighted by atomic mass is 79.9. The number of ether oxygens (including phenoxy) is 1. The Morgan fingerprint density at radius 3 is 2.81 bits per heavy atom. The number of nitrogens with zero attached hydrogens (tertiary/aromatic N) is 3. The van der Waals surface area contributed by atoms with Gasteiger partial charge in [-0.15, -0.1) is 11.3 Å². The van der Waals surface area contributed by atoms with Crippen LogP contribution in [0.25, 0.3) is 15.9 Å². The number of fused-ring (bicyclic) bond motifs is 3. The number of hydrogen-bond acceptors (Lipinski definition) is 7. The summed E-state index contributed by atoms with van der Waals surface area (Å²) in [7, 11) is 0. The summed E-state index contributed by atoms with van der Waals surface area (Å²) < 4.78 is 8.11. The van der Waals surface area contributed by atoms with Crippen LogP contribution in [0.15, 0.2) is 68.1 Å². The van der Waals surface area contributed by atoms with Crippen LogP contribution in [-0.4, -0.2) is 33.5 Å². The SMILES string of the molecule is CCOc1ccc(-n2c(SCC(=O)NN=C(C)c3cccc(Br)c3)nc3sc4c(c3c2=O)CCC4)cc1. The molecule has 0 aliphatic heterocycles. The molecule has 1 amide bonds. The number of aryl methyl sites for hydroxylation is 2. The number of hydrogen-bond donors (Lipinski definition) is 1. The number of aromatic nitrogens is 2. The molecule has 0 bridgehead atoms. The number of rotatable bonds is 8. The Bertz CT molecular complexity index is 1560. The van der Waals surface area contributed by atoms with Crippen LogP contribution in [0.4, 0.5) is 0 Å². The van der Waals surface area contributed by atoms with Crippen molar-refractivity contribution in [3.63, 3.8) is 0 Å². The van der Waals surface area contributed by atoms with E-state index in [0.717, 1.165) is 45.4 Å². The lowest BCUT2D eigenvalue weighted by molar-refractivity contribution is -0.118. The van der Waals surface area contributed by atoms with Crippen molar-refractivity contribution in [3.05, 3.63) is 79.4 Å². The zero-order valence-electron chi connectivity index (χ0n) is 20.4. The van der Waals surface area contributed by atoms with E-state index >= 15 is 0 Å². The molecule has 10 heteroatoms. The normalized spacial score (nSPS) is 13.1. The number of hydrazone groups is 1. The van der Waals surface area contributed by atoms with Gasteiger partial charge in [0.25, 0.3) is 11.5 Å². The van der Waals surface area contributed by atoms with Crippen molar-refractivity contribution in [2.45, 2.75) is 38.3 Å². The third-order valence-corrected chi connectivity index (χ3v) is 8.65. The standard InChI is InChI=1S/C27H25BrN4O3S2/c1-3-35-20-12-10-19(11-13-20)32-26(34)24-21-8-5-9-22(21)37-25(24)29-27(32)36-15-23(33)31-30-16(2)17-6-4-7-18(28)14-17/h4,6-7,10-14H,3,5,8-9,15H2,1-2H3,(H,31,33). The van der Waals surface area contributed by atoms with Crippen molar-refractivity contribution in [2.75, 3.05) is 12.4 Å². The van der Waals surface area contributed by atoms with Gasteiger partial charge in [-0.05, 0) is 80.6 Å². The molecule has 0 spiro atoms. The van der Waals surface area contributed by atoms with Crippen molar-refractivity contribution in [1.82, 2.24) is 15.0 Å². The monoisotopic (exact) mass is 596 g/mol. The molecule has 0 saturated heterocycles. The van der Waals surface area contributed by atoms with Crippen LogP contribution in [-0.2, 0) is 17.6 Å². The molecule has 7 nitrogen and oxygen atoms in total. The van der Waals surface area contributed by atoms with E-state index in [1.807, 2.05) is 62.4 Å². The summed E-state index contributed by atoms with van der Waals surface area (Å²) in [5, 5.41) is 5.42. The lowest BCUT2D eigenvalue weighted by Crippen LogP contribution is -2.24. The van der Waals surface area contributed by atoms with Gasteiger partial charge in [0.2, 0.25) is 0 Å². The summed E-state index contributed by atoms with van der Waals surface area (Å²) in [4.78, 5) is 33.3. The van der Waals surface area contributed by atoms with E-state index in [1.165, 1.54) is 16.6 Å². The second-order valence-electron chi connectivity index (χ2n) is 8.53. The van der Waals surface area contributed by atoms with Gasteiger partial charge in [0, 0.05) is 9.35 Å². The van der Waals surface area contributed by atoms with Crippen molar-refractivity contribution in [3.8, 4) is 11.4 Å². The molecule has 1 aliphatic rings. The molecule has 37 heavy (non-hydrogen) atoms. The van der Waals surface area contributed by atoms with Gasteiger partial charge < -0.3 is 4.74 Å². The van der Waals surface area contributed by atoms with Gasteiger partial charge in [0.15, 0.2) is 5.16 Å². The minimum atomic E-state index is -0.277. The maximum atomic E-state index is 13.8. The second-order valence-corrected chi connectivity index (χ2v) is 11.5. The fraction of sp³-hybridized carbons (Fsp3) is 0.259. The van der Waals surface area contributed by atoms with E-state index in [9.17, 15) is 9.59 Å². The van der Waals surface area contributed by atoms with Gasteiger partial charge in [-0.1, -0.05) is 39.8 Å². The molecule has 1 aliphatic carbocycles. The summed E-state index contributed by atoms with van der Waals surface area (Å²) in [5.74, 6) is 0.521. The molecule has 2 heterocycles. The topological polar surface area (TPSA) is 85.6 Å². The molecule has 1 N–H and O–H groups in total. The quantitative estimate of drug-likeness (QED) is 0.121. The highest BCUT2D eigenvalue weighted by Crippen LogP contribution is 2.36. The molecule has 0 radical (unpaired) electrons. The molecule has 0 unspecified atom stereocenters. The molecule has 190 valence electrons. The van der Waals surface area contributed by atoms with Crippen LogP contribution < -0.4 is 15.7 Å². The Balaban J connectivity index is 1.43. The van der Waals surface area contributed by atoms with Gasteiger partial charge >= 0.3 is 0 Å². The number of nitrogens with one attached hydrogen (secondary N) is 1. The number of thioether (sulfide) groups is 1. The maximum Gasteiger partial charge on any atom is 0.267 e. The predicted octanol–water partition coefficient (Wildman–Crippen LogP) is 5.73. The van der Waals surface area contributed by atoms with E-state index < -0.39 is 0 Å². The first kappa shape index (κ1) is 25.7. The highest BCUT2D eigenvalue weighted by molar-refractivity contribution is 9.10. The Kier molecular flexibility index (Phi) is 7.78. The van der Waals surface area contributed by atoms with Crippen LogP contribution in [0.3, 0.4) is 0 Å². The van der Waals surface area contributed by atoms with Gasteiger partial charge in [0.05, 0.1) is 29.1 Å². The maximum absolute atomic E-state index is 13.8. The minimum Gasteiger partial charge on any atom is -0.494 e. The van der Waals surface area contributed by atoms with Gasteiger partial charge in [0.1, 0.15) is 10.6 Å². The van der Waals surface area contributed by atoms with Crippen LogP contribution in [0.1, 0.15) is 36.3 Å². The van der Waals surface area contributed by atoms with E-state index in [1.54, 1.807) is 15.9 Å². The predicted molar refractivity (Wildman–Crippen MR) is 154 cm³/mol. The van der Waals surface area contributed by atoms with E-state index in [2.05, 4.69) is 26.5 Å². The summed E-state index contributed by atoms with van der Waals surface area (Å²) >= 11 is 6.26. The Hall–Kier alpha value is -2.95. The molecule has 2 aromatic carbocycles. The van der Waals surface area contributed by atoms with Gasteiger partial charge in [-0.25, -0.2) is 10.4 Å². The first-order valence-corrected chi connectivity index (χ1v) is 14.6. The van der Waals surface area contributed by atoms with Crippen molar-refractivity contribution in [2.24, 2.45) is 5.10 Å². The zero-order chi connectivity index (χ0) is 25.9. The van der Waals surface area contributed by atoms with Crippen LogP contribution >= 0.6 is 39.0 Å². The Morgan fingerprint density at radius 2 is 2.05 bits per heavy atom. The molecule has 0 atom stereocenters. The van der Waals surface area contributed by atoms with E-state index in [0.29, 0.717) is 28.5 Å². The average molecular weight is 598 g/mol. The largest absolute Gasteiger partial charge is 0.494 e. The number of halogens is 1. The summed E-state index contributed by atoms with van der Waals surface area (Å²) in [6.07, 6.45) is 2.95. The minimum absolute atomic E-state index is 0.0648. The fourth-order valence-corrected chi connectivity index (χ4v) is 6.80. The van der Waals surface area contributed by atoms with Crippen molar-refractivity contribution in [1.29, 1.82) is 0 Å². The summed E-state index contributed by atoms with van der Waals surface area (Å²) in [6.45, 7) is 4.33. The van der Waals surface area contributed by atoms with Crippen LogP contribution in [0.5, 0.6) is 5.75 Å². The first-order chi connectivity index (χ1) is 17.9. The smallest absolute Gasteiger partial charge is 0.267 e. The lowest BCUT2D eigenvalue weighted by atomic mass is 10.1. The average Bonchev–Trinajstić information content (AvgIpc) is 3.48. The number of carbonyl (C=O) groups excluding carboxylic acids is 1. The zero-order valence-corrected chi connectivity index (χ0v) is 23.6. The summed E-state index contributed by atoms with van der Waals surface area (Å²) in [5.41, 5.74) is 5.94. The lowest BCUT2D eigenvalue weighted by Gasteiger charge is -2.13. The third-order valence-electron chi connectivity index (χ3n) is 6.04. The Morgan fingerprint density at radius 1 is 1.24 bits per heavy atom. The Labute approximate surface area is 231 Å². The number of carbonyl (C=O) groups is 1. The highest BCUT2D eigenvalue weighted by Gasteiger charge is 2.24. The third kappa shape index (κ3) is 5.51. The molecular weight excluding hydrogens is 572 g/mol. The number of benzene rings is 2. The molecule has 5 rings (SSSR count). The summed E-state index contributed by atoms with van der Waals surface area (Å²) in [6, 6.07) is 15.1. The van der Waals surface area contributed by atoms with Crippen molar-refractivity contribution >= 4 is 60.9 Å². The molecular formula is C27H25BrN4O3S2. The van der Waals surface area contributed by atoms with E-state index in [-0.39, 0.29) is 17.2 Å². The first-order valence-electron chi connectivity index (χ1n) is 12.0. The molecule has 0 fully saturated rings. The molecule has 2 aromatic heterocycles. The molecule has 4 aromatic rings. The fourth-order valence-electron chi connectivity index (χ4n) is 4.29. The molecule has 0 saturated carbocycles. The van der Waals surface area contributed by atoms with E-state index in [4.69, 9.17) is 9.72 Å². The van der Waals surface area contributed by atoms with Crippen LogP contribution in [0, 0.1) is 0 Å². The van der Waals surface area contributed by atoms with Gasteiger partial charge in [-0.3, -0.25) is 14.2 Å². The number of thiophene rings is 1. The second kappa shape index (κ2) is 11.2. The van der Waals surface area contributed by atoms with Crippen LogP contribution in [0.2, 0.25) is 0 Å². The van der Waals surface area contributed by atoms with Gasteiger partial charge in [-0.2, -0.15) is 5.10 Å². The number of amides is 1. The van der Waals surface area contributed by atoms with Crippen molar-refractivity contribution < 1.29 is 9.53 Å².